The number of hydrogen-bond donors (Lipinski definition) is 3. The van der Waals surface area contributed by atoms with E-state index in [1.807, 2.05) is 19.3 Å². The molecule has 0 saturated carbocycles. The van der Waals surface area contributed by atoms with Gasteiger partial charge in [-0.25, -0.2) is 0 Å². The van der Waals surface area contributed by atoms with Crippen LogP contribution in [0.2, 0.25) is 0 Å². The zero-order valence-corrected chi connectivity index (χ0v) is 9.23. The highest BCUT2D eigenvalue weighted by atomic mass is 16.1. The van der Waals surface area contributed by atoms with Gasteiger partial charge in [-0.1, -0.05) is 0 Å². The molecule has 0 saturated heterocycles. The number of nitrogens with two attached hydrogens (primary N) is 1. The molecule has 2 heterocycles. The highest BCUT2D eigenvalue weighted by molar-refractivity contribution is 5.79. The second-order valence-electron chi connectivity index (χ2n) is 3.19. The van der Waals surface area contributed by atoms with Gasteiger partial charge in [-0.2, -0.15) is 0 Å². The lowest BCUT2D eigenvalue weighted by molar-refractivity contribution is -0.106. The van der Waals surface area contributed by atoms with Crippen LogP contribution in [0.25, 0.3) is 10.9 Å². The van der Waals surface area contributed by atoms with Gasteiger partial charge in [0.05, 0.1) is 0 Å². The summed E-state index contributed by atoms with van der Waals surface area (Å²) < 4.78 is 0. The summed E-state index contributed by atoms with van der Waals surface area (Å²) in [7, 11) is 1.93. The molecule has 0 unspecified atom stereocenters. The van der Waals surface area contributed by atoms with E-state index in [-0.39, 0.29) is 6.54 Å². The minimum atomic E-state index is 0.139. The van der Waals surface area contributed by atoms with E-state index in [0.717, 1.165) is 12.1 Å². The van der Waals surface area contributed by atoms with Gasteiger partial charge in [0.1, 0.15) is 6.29 Å². The summed E-state index contributed by atoms with van der Waals surface area (Å²) in [6, 6.07) is 4.09. The molecule has 0 aromatic carbocycles. The molecule has 2 aromatic rings. The van der Waals surface area contributed by atoms with Crippen LogP contribution < -0.4 is 11.1 Å². The number of pyridine rings is 1. The predicted octanol–water partition coefficient (Wildman–Crippen LogP) is 0.426. The topological polar surface area (TPSA) is 83.8 Å². The molecule has 0 amide bonds. The minimum absolute atomic E-state index is 0.139. The number of hydrogen-bond acceptors (Lipinski definition) is 4. The first-order valence-corrected chi connectivity index (χ1v) is 5.01. The number of nitrogens with one attached hydrogen (secondary N) is 2. The lowest BCUT2D eigenvalue weighted by atomic mass is 10.3. The van der Waals surface area contributed by atoms with Crippen LogP contribution in [-0.2, 0) is 11.3 Å². The van der Waals surface area contributed by atoms with E-state index >= 15 is 0 Å². The quantitative estimate of drug-likeness (QED) is 0.655. The average molecular weight is 220 g/mol. The molecule has 0 fully saturated rings. The molecule has 0 aliphatic rings. The van der Waals surface area contributed by atoms with Crippen molar-refractivity contribution < 1.29 is 4.79 Å². The average Bonchev–Trinajstić information content (AvgIpc) is 2.72. The van der Waals surface area contributed by atoms with Crippen molar-refractivity contribution in [3.8, 4) is 0 Å². The third-order valence-electron chi connectivity index (χ3n) is 1.94. The Morgan fingerprint density at radius 1 is 1.62 bits per heavy atom. The molecule has 0 spiro atoms. The van der Waals surface area contributed by atoms with E-state index in [2.05, 4.69) is 27.1 Å². The monoisotopic (exact) mass is 220 g/mol. The molecule has 0 atom stereocenters. The summed E-state index contributed by atoms with van der Waals surface area (Å²) >= 11 is 0. The standard InChI is InChI=1S/C9H11N3.C2H5NO/c1-10-6-8-4-7-5-11-3-2-9(7)12-8;3-1-2-4/h2-5,10,12H,6H2,1H3;2H,1,3H2. The number of aromatic nitrogens is 2. The van der Waals surface area contributed by atoms with Crippen LogP contribution >= 0.6 is 0 Å². The van der Waals surface area contributed by atoms with E-state index in [1.54, 1.807) is 6.20 Å². The van der Waals surface area contributed by atoms with Crippen LogP contribution in [0, 0.1) is 0 Å². The third kappa shape index (κ3) is 3.45. The summed E-state index contributed by atoms with van der Waals surface area (Å²) in [6.45, 7) is 1.01. The molecular formula is C11H16N4O. The number of carbonyl (C=O) groups excluding carboxylic acids is 1. The smallest absolute Gasteiger partial charge is 0.133 e. The Morgan fingerprint density at radius 3 is 2.94 bits per heavy atom. The third-order valence-corrected chi connectivity index (χ3v) is 1.94. The molecule has 2 rings (SSSR count). The molecule has 0 aliphatic carbocycles. The maximum atomic E-state index is 9.05. The molecular weight excluding hydrogens is 204 g/mol. The normalized spacial score (nSPS) is 9.62. The summed E-state index contributed by atoms with van der Waals surface area (Å²) in [6.07, 6.45) is 4.31. The minimum Gasteiger partial charge on any atom is -0.357 e. The lowest BCUT2D eigenvalue weighted by Gasteiger charge is -1.91. The Morgan fingerprint density at radius 2 is 2.38 bits per heavy atom. The maximum Gasteiger partial charge on any atom is 0.133 e. The van der Waals surface area contributed by atoms with Crippen molar-refractivity contribution >= 4 is 17.2 Å². The Balaban J connectivity index is 0.000000280. The predicted molar refractivity (Wildman–Crippen MR) is 64.0 cm³/mol. The summed E-state index contributed by atoms with van der Waals surface area (Å²) in [5.74, 6) is 0. The lowest BCUT2D eigenvalue weighted by Crippen LogP contribution is -2.04. The fraction of sp³-hybridized carbons (Fsp3) is 0.273. The van der Waals surface area contributed by atoms with Crippen molar-refractivity contribution in [2.24, 2.45) is 5.73 Å². The van der Waals surface area contributed by atoms with Crippen LogP contribution in [0.3, 0.4) is 0 Å². The zero-order chi connectivity index (χ0) is 11.8. The Bertz CT molecular complexity index is 405. The van der Waals surface area contributed by atoms with E-state index in [9.17, 15) is 0 Å². The molecule has 0 bridgehead atoms. The van der Waals surface area contributed by atoms with Crippen molar-refractivity contribution in [3.05, 3.63) is 30.2 Å². The van der Waals surface area contributed by atoms with E-state index in [0.29, 0.717) is 6.29 Å². The number of aldehydes is 1. The van der Waals surface area contributed by atoms with Gasteiger partial charge in [-0.3, -0.25) is 4.98 Å². The van der Waals surface area contributed by atoms with Gasteiger partial charge in [-0.05, 0) is 19.2 Å². The van der Waals surface area contributed by atoms with Gasteiger partial charge in [0.25, 0.3) is 0 Å². The van der Waals surface area contributed by atoms with Crippen LogP contribution in [0.1, 0.15) is 5.69 Å². The molecule has 5 nitrogen and oxygen atoms in total. The first-order chi connectivity index (χ1) is 7.81. The van der Waals surface area contributed by atoms with Gasteiger partial charge in [0.2, 0.25) is 0 Å². The van der Waals surface area contributed by atoms with Crippen molar-refractivity contribution in [2.45, 2.75) is 6.54 Å². The first-order valence-electron chi connectivity index (χ1n) is 5.01. The van der Waals surface area contributed by atoms with Gasteiger partial charge in [0, 0.05) is 42.1 Å². The zero-order valence-electron chi connectivity index (χ0n) is 9.23. The molecule has 0 aliphatic heterocycles. The summed E-state index contributed by atoms with van der Waals surface area (Å²) in [5.41, 5.74) is 7.00. The van der Waals surface area contributed by atoms with Gasteiger partial charge >= 0.3 is 0 Å². The Labute approximate surface area is 94.1 Å². The van der Waals surface area contributed by atoms with Crippen LogP contribution in [0.5, 0.6) is 0 Å². The first kappa shape index (κ1) is 12.4. The van der Waals surface area contributed by atoms with E-state index in [1.165, 1.54) is 11.1 Å². The van der Waals surface area contributed by atoms with Crippen LogP contribution in [0.4, 0.5) is 0 Å². The number of rotatable bonds is 3. The van der Waals surface area contributed by atoms with Crippen molar-refractivity contribution in [1.29, 1.82) is 0 Å². The number of nitrogens with zero attached hydrogens (tertiary/aromatic N) is 1. The molecule has 86 valence electrons. The summed E-state index contributed by atoms with van der Waals surface area (Å²) in [4.78, 5) is 16.4. The maximum absolute atomic E-state index is 9.05. The number of H-pyrrole nitrogens is 1. The Kier molecular flexibility index (Phi) is 5.18. The molecule has 0 radical (unpaired) electrons. The van der Waals surface area contributed by atoms with E-state index in [4.69, 9.17) is 4.79 Å². The number of aromatic amines is 1. The summed E-state index contributed by atoms with van der Waals surface area (Å²) in [5, 5.41) is 4.26. The molecule has 16 heavy (non-hydrogen) atoms. The molecule has 5 heteroatoms. The number of fused-ring (bicyclic) bond motifs is 1. The van der Waals surface area contributed by atoms with Gasteiger partial charge in [0.15, 0.2) is 0 Å². The second-order valence-corrected chi connectivity index (χ2v) is 3.19. The Hall–Kier alpha value is -1.72. The fourth-order valence-electron chi connectivity index (χ4n) is 1.32. The van der Waals surface area contributed by atoms with Gasteiger partial charge in [-0.15, -0.1) is 0 Å². The highest BCUT2D eigenvalue weighted by Gasteiger charge is 1.97. The SMILES string of the molecule is CNCc1cc2cnccc2[nH]1.NCC=O. The highest BCUT2D eigenvalue weighted by Crippen LogP contribution is 2.12. The number of carbonyl (C=O) groups is 1. The van der Waals surface area contributed by atoms with E-state index < -0.39 is 0 Å². The van der Waals surface area contributed by atoms with Crippen molar-refractivity contribution in [2.75, 3.05) is 13.6 Å². The second kappa shape index (κ2) is 6.71. The largest absolute Gasteiger partial charge is 0.357 e. The van der Waals surface area contributed by atoms with Crippen LogP contribution in [0.15, 0.2) is 24.5 Å². The van der Waals surface area contributed by atoms with Crippen molar-refractivity contribution in [1.82, 2.24) is 15.3 Å². The molecule has 4 N–H and O–H groups in total. The van der Waals surface area contributed by atoms with Crippen molar-refractivity contribution in [3.63, 3.8) is 0 Å². The fourth-order valence-corrected chi connectivity index (χ4v) is 1.32. The van der Waals surface area contributed by atoms with Gasteiger partial charge < -0.3 is 20.8 Å². The van der Waals surface area contributed by atoms with Crippen LogP contribution in [-0.4, -0.2) is 29.8 Å². The molecule has 2 aromatic heterocycles.